The van der Waals surface area contributed by atoms with Crippen molar-refractivity contribution in [1.82, 2.24) is 4.90 Å². The molecule has 0 bridgehead atoms. The van der Waals surface area contributed by atoms with E-state index in [2.05, 4.69) is 24.8 Å². The Kier molecular flexibility index (Phi) is 5.51. The average molecular weight is 232 g/mol. The third kappa shape index (κ3) is 3.76. The molecule has 0 atom stereocenters. The van der Waals surface area contributed by atoms with E-state index in [1.54, 1.807) is 6.07 Å². The van der Waals surface area contributed by atoms with Gasteiger partial charge in [-0.15, -0.1) is 0 Å². The molecule has 0 heterocycles. The summed E-state index contributed by atoms with van der Waals surface area (Å²) in [7, 11) is 0. The van der Waals surface area contributed by atoms with Gasteiger partial charge in [0, 0.05) is 6.54 Å². The van der Waals surface area contributed by atoms with Gasteiger partial charge in [-0.25, -0.2) is 0 Å². The van der Waals surface area contributed by atoms with Crippen molar-refractivity contribution >= 4 is 0 Å². The van der Waals surface area contributed by atoms with Crippen LogP contribution >= 0.6 is 0 Å². The van der Waals surface area contributed by atoms with E-state index in [1.165, 1.54) is 0 Å². The molecule has 0 unspecified atom stereocenters. The van der Waals surface area contributed by atoms with Gasteiger partial charge in [0.15, 0.2) is 0 Å². The molecule has 1 aromatic carbocycles. The lowest BCUT2D eigenvalue weighted by atomic mass is 10.1. The van der Waals surface area contributed by atoms with Gasteiger partial charge in [0.05, 0.1) is 5.56 Å². The second-order valence-electron chi connectivity index (χ2n) is 3.94. The number of likely N-dealkylation sites (N-methyl/N-ethyl adjacent to an activating group) is 1. The van der Waals surface area contributed by atoms with Crippen LogP contribution < -0.4 is 4.74 Å². The first kappa shape index (κ1) is 13.5. The third-order valence-electron chi connectivity index (χ3n) is 2.88. The Labute approximate surface area is 104 Å². The number of aryl methyl sites for hydroxylation is 1. The minimum Gasteiger partial charge on any atom is -0.491 e. The molecule has 0 aromatic heterocycles. The molecule has 0 aliphatic heterocycles. The molecule has 17 heavy (non-hydrogen) atoms. The highest BCUT2D eigenvalue weighted by molar-refractivity contribution is 5.47. The van der Waals surface area contributed by atoms with E-state index in [0.717, 1.165) is 30.9 Å². The largest absolute Gasteiger partial charge is 0.491 e. The molecular weight excluding hydrogens is 212 g/mol. The van der Waals surface area contributed by atoms with E-state index < -0.39 is 0 Å². The Morgan fingerprint density at radius 3 is 2.59 bits per heavy atom. The second-order valence-corrected chi connectivity index (χ2v) is 3.94. The fourth-order valence-electron chi connectivity index (χ4n) is 1.75. The lowest BCUT2D eigenvalue weighted by Gasteiger charge is -2.18. The fourth-order valence-corrected chi connectivity index (χ4v) is 1.75. The Morgan fingerprint density at radius 2 is 2.00 bits per heavy atom. The van der Waals surface area contributed by atoms with Crippen LogP contribution in [-0.2, 0) is 0 Å². The smallest absolute Gasteiger partial charge is 0.140 e. The molecule has 0 saturated heterocycles. The van der Waals surface area contributed by atoms with Gasteiger partial charge in [0.25, 0.3) is 0 Å². The van der Waals surface area contributed by atoms with Crippen molar-refractivity contribution in [2.75, 3.05) is 26.2 Å². The van der Waals surface area contributed by atoms with Crippen molar-refractivity contribution in [3.05, 3.63) is 29.3 Å². The Morgan fingerprint density at radius 1 is 1.29 bits per heavy atom. The topological polar surface area (TPSA) is 36.3 Å². The second kappa shape index (κ2) is 6.93. The molecule has 0 spiro atoms. The number of para-hydroxylation sites is 1. The van der Waals surface area contributed by atoms with E-state index in [9.17, 15) is 0 Å². The highest BCUT2D eigenvalue weighted by Gasteiger charge is 2.07. The molecule has 0 aliphatic carbocycles. The molecule has 3 heteroatoms. The molecule has 0 aliphatic rings. The maximum Gasteiger partial charge on any atom is 0.140 e. The number of nitriles is 1. The summed E-state index contributed by atoms with van der Waals surface area (Å²) in [4.78, 5) is 2.30. The highest BCUT2D eigenvalue weighted by Crippen LogP contribution is 2.22. The SMILES string of the molecule is CCN(CC)CCOc1c(C)cccc1C#N. The molecule has 0 fully saturated rings. The van der Waals surface area contributed by atoms with E-state index >= 15 is 0 Å². The molecule has 0 radical (unpaired) electrons. The van der Waals surface area contributed by atoms with Crippen LogP contribution in [0.15, 0.2) is 18.2 Å². The molecule has 92 valence electrons. The van der Waals surface area contributed by atoms with E-state index in [-0.39, 0.29) is 0 Å². The van der Waals surface area contributed by atoms with Crippen LogP contribution in [0, 0.1) is 18.3 Å². The normalized spacial score (nSPS) is 10.3. The number of ether oxygens (including phenoxy) is 1. The van der Waals surface area contributed by atoms with Gasteiger partial charge in [-0.05, 0) is 31.6 Å². The Balaban J connectivity index is 2.60. The van der Waals surface area contributed by atoms with Gasteiger partial charge in [0.1, 0.15) is 18.4 Å². The predicted molar refractivity (Wildman–Crippen MR) is 69.2 cm³/mol. The summed E-state index contributed by atoms with van der Waals surface area (Å²) in [6, 6.07) is 7.80. The zero-order valence-electron chi connectivity index (χ0n) is 10.9. The maximum absolute atomic E-state index is 9.00. The van der Waals surface area contributed by atoms with Crippen molar-refractivity contribution in [3.8, 4) is 11.8 Å². The van der Waals surface area contributed by atoms with Crippen LogP contribution in [0.25, 0.3) is 0 Å². The van der Waals surface area contributed by atoms with Crippen LogP contribution in [0.5, 0.6) is 5.75 Å². The Hall–Kier alpha value is -1.53. The minimum atomic E-state index is 0.615. The monoisotopic (exact) mass is 232 g/mol. The van der Waals surface area contributed by atoms with Crippen LogP contribution in [0.1, 0.15) is 25.0 Å². The molecule has 0 saturated carbocycles. The first-order valence-electron chi connectivity index (χ1n) is 6.07. The van der Waals surface area contributed by atoms with Crippen molar-refractivity contribution in [3.63, 3.8) is 0 Å². The standard InChI is InChI=1S/C14H20N2O/c1-4-16(5-2)9-10-17-14-12(3)7-6-8-13(14)11-15/h6-8H,4-5,9-10H2,1-3H3. The lowest BCUT2D eigenvalue weighted by molar-refractivity contribution is 0.221. The fraction of sp³-hybridized carbons (Fsp3) is 0.500. The van der Waals surface area contributed by atoms with E-state index in [4.69, 9.17) is 10.00 Å². The van der Waals surface area contributed by atoms with Crippen LogP contribution in [0.3, 0.4) is 0 Å². The summed E-state index contributed by atoms with van der Waals surface area (Å²) in [6.07, 6.45) is 0. The maximum atomic E-state index is 9.00. The van der Waals surface area contributed by atoms with Crippen molar-refractivity contribution < 1.29 is 4.74 Å². The summed E-state index contributed by atoms with van der Waals surface area (Å²) in [5.41, 5.74) is 1.63. The Bertz CT molecular complexity index is 392. The quantitative estimate of drug-likeness (QED) is 0.756. The summed E-state index contributed by atoms with van der Waals surface area (Å²) in [5.74, 6) is 0.724. The number of hydrogen-bond acceptors (Lipinski definition) is 3. The van der Waals surface area contributed by atoms with Crippen molar-refractivity contribution in [2.24, 2.45) is 0 Å². The lowest BCUT2D eigenvalue weighted by Crippen LogP contribution is -2.28. The van der Waals surface area contributed by atoms with Gasteiger partial charge >= 0.3 is 0 Å². The van der Waals surface area contributed by atoms with Crippen LogP contribution in [0.4, 0.5) is 0 Å². The van der Waals surface area contributed by atoms with Crippen LogP contribution in [-0.4, -0.2) is 31.1 Å². The zero-order valence-corrected chi connectivity index (χ0v) is 10.9. The molecule has 0 amide bonds. The molecule has 0 N–H and O–H groups in total. The van der Waals surface area contributed by atoms with Crippen molar-refractivity contribution in [1.29, 1.82) is 5.26 Å². The third-order valence-corrected chi connectivity index (χ3v) is 2.88. The summed E-state index contributed by atoms with van der Waals surface area (Å²) in [6.45, 7) is 9.81. The molecule has 3 nitrogen and oxygen atoms in total. The van der Waals surface area contributed by atoms with Gasteiger partial charge in [0.2, 0.25) is 0 Å². The van der Waals surface area contributed by atoms with E-state index in [1.807, 2.05) is 19.1 Å². The van der Waals surface area contributed by atoms with Gasteiger partial charge < -0.3 is 9.64 Å². The molecular formula is C14H20N2O. The number of rotatable bonds is 6. The molecule has 1 rings (SSSR count). The number of nitrogens with zero attached hydrogens (tertiary/aromatic N) is 2. The summed E-state index contributed by atoms with van der Waals surface area (Å²) in [5, 5.41) is 9.00. The number of hydrogen-bond donors (Lipinski definition) is 0. The predicted octanol–water partition coefficient (Wildman–Crippen LogP) is 2.59. The summed E-state index contributed by atoms with van der Waals surface area (Å²) >= 11 is 0. The first-order valence-corrected chi connectivity index (χ1v) is 6.07. The highest BCUT2D eigenvalue weighted by atomic mass is 16.5. The summed E-state index contributed by atoms with van der Waals surface area (Å²) < 4.78 is 5.73. The van der Waals surface area contributed by atoms with Gasteiger partial charge in [-0.1, -0.05) is 26.0 Å². The van der Waals surface area contributed by atoms with Gasteiger partial charge in [-0.2, -0.15) is 5.26 Å². The number of benzene rings is 1. The average Bonchev–Trinajstić information content (AvgIpc) is 2.36. The van der Waals surface area contributed by atoms with Gasteiger partial charge in [-0.3, -0.25) is 0 Å². The minimum absolute atomic E-state index is 0.615. The molecule has 1 aromatic rings. The first-order chi connectivity index (χ1) is 8.22. The van der Waals surface area contributed by atoms with Crippen molar-refractivity contribution in [2.45, 2.75) is 20.8 Å². The zero-order chi connectivity index (χ0) is 12.7. The van der Waals surface area contributed by atoms with Crippen LogP contribution in [0.2, 0.25) is 0 Å². The van der Waals surface area contributed by atoms with E-state index in [0.29, 0.717) is 12.2 Å².